The van der Waals surface area contributed by atoms with Gasteiger partial charge in [-0.1, -0.05) is 54.6 Å². The van der Waals surface area contributed by atoms with E-state index in [0.29, 0.717) is 16.0 Å². The summed E-state index contributed by atoms with van der Waals surface area (Å²) in [6, 6.07) is 9.09. The first-order valence-corrected chi connectivity index (χ1v) is 11.6. The van der Waals surface area contributed by atoms with Crippen molar-refractivity contribution < 1.29 is 39.0 Å². The average molecular weight is 539 g/mol. The maximum atomic E-state index is 12.8. The second-order valence-corrected chi connectivity index (χ2v) is 8.65. The van der Waals surface area contributed by atoms with Crippen LogP contribution in [-0.4, -0.2) is 75.3 Å². The number of urea groups is 1. The fourth-order valence-corrected chi connectivity index (χ4v) is 3.86. The molecule has 14 nitrogen and oxygen atoms in total. The normalized spacial score (nSPS) is 16.1. The summed E-state index contributed by atoms with van der Waals surface area (Å²) < 4.78 is 0. The second-order valence-electron chi connectivity index (χ2n) is 8.65. The lowest BCUT2D eigenvalue weighted by atomic mass is 10.0. The molecule has 0 radical (unpaired) electrons. The average Bonchev–Trinajstić information content (AvgIpc) is 3.14. The zero-order valence-electron chi connectivity index (χ0n) is 20.4. The van der Waals surface area contributed by atoms with Crippen molar-refractivity contribution >= 4 is 41.5 Å². The molecule has 3 atom stereocenters. The van der Waals surface area contributed by atoms with Crippen molar-refractivity contribution in [1.29, 1.82) is 5.41 Å². The first-order valence-electron chi connectivity index (χ1n) is 11.6. The molecule has 3 rings (SSSR count). The number of carboxylic acid groups (broad SMARTS) is 2. The molecule has 1 saturated heterocycles. The van der Waals surface area contributed by atoms with Crippen molar-refractivity contribution in [3.8, 4) is 0 Å². The number of nitrogen functional groups attached to an aromatic ring is 1. The summed E-state index contributed by atoms with van der Waals surface area (Å²) >= 11 is 0. The first kappa shape index (κ1) is 28.3. The van der Waals surface area contributed by atoms with E-state index >= 15 is 0 Å². The van der Waals surface area contributed by atoms with Gasteiger partial charge in [-0.05, 0) is 11.1 Å². The van der Waals surface area contributed by atoms with Gasteiger partial charge in [0, 0.05) is 12.0 Å². The van der Waals surface area contributed by atoms with Crippen LogP contribution in [0.5, 0.6) is 0 Å². The Kier molecular flexibility index (Phi) is 8.94. The molecule has 0 aromatic heterocycles. The molecule has 204 valence electrons. The molecule has 0 bridgehead atoms. The van der Waals surface area contributed by atoms with Crippen LogP contribution >= 0.6 is 0 Å². The van der Waals surface area contributed by atoms with Gasteiger partial charge in [-0.3, -0.25) is 29.5 Å². The number of amidine groups is 1. The van der Waals surface area contributed by atoms with Crippen molar-refractivity contribution in [3.05, 3.63) is 71.3 Å². The Bertz CT molecular complexity index is 1300. The standard InChI is InChI=1S/C25H26N6O8/c26-21(27)15-8-6-13(7-9-15)10-17-23(36)31(25(39)29-17)12-18(32)28-16(11-19(33)34)22(35)30-20(24(37)38)14-4-2-1-3-5-14/h1-9,16-17,20H,10-12H2,(H3,26,27)(H,28,32)(H,29,39)(H,30,35)(H,33,34)(H,37,38)/t16-,17?,20+/m1/s1. The van der Waals surface area contributed by atoms with E-state index in [2.05, 4.69) is 16.0 Å². The monoisotopic (exact) mass is 538 g/mol. The van der Waals surface area contributed by atoms with E-state index in [4.69, 9.17) is 11.1 Å². The molecule has 2 aromatic rings. The van der Waals surface area contributed by atoms with Crippen molar-refractivity contribution in [2.24, 2.45) is 5.73 Å². The SMILES string of the molecule is N=C(N)c1ccc(CC2NC(=O)N(CC(=O)N[C@H](CC(=O)O)C(=O)N[C@H](C(=O)O)c3ccccc3)C2=O)cc1. The van der Waals surface area contributed by atoms with E-state index in [1.54, 1.807) is 42.5 Å². The van der Waals surface area contributed by atoms with Crippen molar-refractivity contribution in [3.63, 3.8) is 0 Å². The maximum absolute atomic E-state index is 12.8. The number of nitrogens with one attached hydrogen (secondary N) is 4. The number of aliphatic carboxylic acids is 2. The minimum Gasteiger partial charge on any atom is -0.481 e. The molecule has 1 aliphatic rings. The fraction of sp³-hybridized carbons (Fsp3) is 0.240. The van der Waals surface area contributed by atoms with Crippen LogP contribution in [0.15, 0.2) is 54.6 Å². The molecule has 0 spiro atoms. The molecule has 1 heterocycles. The molecule has 0 saturated carbocycles. The van der Waals surface area contributed by atoms with Gasteiger partial charge < -0.3 is 31.9 Å². The zero-order chi connectivity index (χ0) is 28.7. The number of hydrogen-bond acceptors (Lipinski definition) is 7. The highest BCUT2D eigenvalue weighted by Crippen LogP contribution is 2.15. The summed E-state index contributed by atoms with van der Waals surface area (Å²) in [7, 11) is 0. The second kappa shape index (κ2) is 12.3. The predicted molar refractivity (Wildman–Crippen MR) is 134 cm³/mol. The van der Waals surface area contributed by atoms with Crippen LogP contribution in [0.4, 0.5) is 4.79 Å². The minimum absolute atomic E-state index is 0.0982. The summed E-state index contributed by atoms with van der Waals surface area (Å²) in [6.07, 6.45) is -0.779. The van der Waals surface area contributed by atoms with Gasteiger partial charge in [-0.15, -0.1) is 0 Å². The number of carboxylic acids is 2. The van der Waals surface area contributed by atoms with Crippen LogP contribution < -0.4 is 21.7 Å². The lowest BCUT2D eigenvalue weighted by Crippen LogP contribution is -2.52. The van der Waals surface area contributed by atoms with Crippen molar-refractivity contribution in [2.45, 2.75) is 31.0 Å². The maximum Gasteiger partial charge on any atom is 0.330 e. The molecule has 2 aromatic carbocycles. The molecule has 14 heteroatoms. The van der Waals surface area contributed by atoms with E-state index in [1.165, 1.54) is 12.1 Å². The fourth-order valence-electron chi connectivity index (χ4n) is 3.86. The molecule has 5 amide bonds. The number of nitrogens with two attached hydrogens (primary N) is 1. The molecule has 39 heavy (non-hydrogen) atoms. The Morgan fingerprint density at radius 1 is 1.00 bits per heavy atom. The van der Waals surface area contributed by atoms with E-state index in [1.807, 2.05) is 0 Å². The number of nitrogens with zero attached hydrogens (tertiary/aromatic N) is 1. The number of amides is 5. The van der Waals surface area contributed by atoms with Gasteiger partial charge in [0.25, 0.3) is 5.91 Å². The van der Waals surface area contributed by atoms with Crippen molar-refractivity contribution in [1.82, 2.24) is 20.9 Å². The third-order valence-corrected chi connectivity index (χ3v) is 5.81. The van der Waals surface area contributed by atoms with Gasteiger partial charge in [-0.25, -0.2) is 9.59 Å². The van der Waals surface area contributed by atoms with Crippen molar-refractivity contribution in [2.75, 3.05) is 6.54 Å². The lowest BCUT2D eigenvalue weighted by Gasteiger charge is -2.21. The molecular weight excluding hydrogens is 512 g/mol. The van der Waals surface area contributed by atoms with Gasteiger partial charge in [0.1, 0.15) is 24.5 Å². The number of carbonyl (C=O) groups is 6. The molecule has 1 unspecified atom stereocenters. The summed E-state index contributed by atoms with van der Waals surface area (Å²) in [4.78, 5) is 74.2. The Hall–Kier alpha value is -5.27. The van der Waals surface area contributed by atoms with Crippen LogP contribution in [0.25, 0.3) is 0 Å². The molecule has 0 aliphatic carbocycles. The summed E-state index contributed by atoms with van der Waals surface area (Å²) in [5, 5.41) is 33.0. The van der Waals surface area contributed by atoms with Gasteiger partial charge in [0.05, 0.1) is 6.42 Å². The third kappa shape index (κ3) is 7.38. The molecule has 1 fully saturated rings. The Morgan fingerprint density at radius 2 is 1.64 bits per heavy atom. The van der Waals surface area contributed by atoms with E-state index in [0.717, 1.165) is 0 Å². The molecular formula is C25H26N6O8. The number of rotatable bonds is 12. The first-order chi connectivity index (χ1) is 18.5. The number of imide groups is 1. The number of carbonyl (C=O) groups excluding carboxylic acids is 4. The Morgan fingerprint density at radius 3 is 2.21 bits per heavy atom. The van der Waals surface area contributed by atoms with Crippen LogP contribution in [0.1, 0.15) is 29.2 Å². The highest BCUT2D eigenvalue weighted by atomic mass is 16.4. The van der Waals surface area contributed by atoms with Crippen LogP contribution in [0.3, 0.4) is 0 Å². The predicted octanol–water partition coefficient (Wildman–Crippen LogP) is -0.665. The van der Waals surface area contributed by atoms with Gasteiger partial charge >= 0.3 is 18.0 Å². The Labute approximate surface area is 221 Å². The number of benzene rings is 2. The molecule has 1 aliphatic heterocycles. The summed E-state index contributed by atoms with van der Waals surface area (Å²) in [5.41, 5.74) is 6.79. The lowest BCUT2D eigenvalue weighted by molar-refractivity contribution is -0.143. The van der Waals surface area contributed by atoms with Gasteiger partial charge in [-0.2, -0.15) is 0 Å². The van der Waals surface area contributed by atoms with E-state index in [-0.39, 0.29) is 17.8 Å². The van der Waals surface area contributed by atoms with Crippen LogP contribution in [0, 0.1) is 5.41 Å². The quantitative estimate of drug-likeness (QED) is 0.103. The zero-order valence-corrected chi connectivity index (χ0v) is 20.4. The minimum atomic E-state index is -1.68. The van der Waals surface area contributed by atoms with Gasteiger partial charge in [0.15, 0.2) is 6.04 Å². The van der Waals surface area contributed by atoms with E-state index < -0.39 is 66.8 Å². The van der Waals surface area contributed by atoms with E-state index in [9.17, 15) is 39.0 Å². The topological polar surface area (TPSA) is 232 Å². The molecule has 8 N–H and O–H groups in total. The summed E-state index contributed by atoms with van der Waals surface area (Å²) in [6.45, 7) is -0.797. The number of hydrogen-bond donors (Lipinski definition) is 7. The van der Waals surface area contributed by atoms with Crippen LogP contribution in [-0.2, 0) is 30.4 Å². The largest absolute Gasteiger partial charge is 0.481 e. The highest BCUT2D eigenvalue weighted by Gasteiger charge is 2.39. The third-order valence-electron chi connectivity index (χ3n) is 5.81. The van der Waals surface area contributed by atoms with Crippen LogP contribution in [0.2, 0.25) is 0 Å². The Balaban J connectivity index is 1.64. The van der Waals surface area contributed by atoms with Gasteiger partial charge in [0.2, 0.25) is 11.8 Å². The highest BCUT2D eigenvalue weighted by molar-refractivity contribution is 6.07. The summed E-state index contributed by atoms with van der Waals surface area (Å²) in [5.74, 6) is -5.77. The smallest absolute Gasteiger partial charge is 0.330 e.